The molecule has 16 heteroatoms. The van der Waals surface area contributed by atoms with Gasteiger partial charge in [0.25, 0.3) is 0 Å². The second-order valence-electron chi connectivity index (χ2n) is 18.8. The average molecular weight is 924 g/mol. The number of amides is 2. The van der Waals surface area contributed by atoms with Crippen LogP contribution < -0.4 is 10.2 Å². The van der Waals surface area contributed by atoms with Gasteiger partial charge >= 0.3 is 0 Å². The molecule has 340 valence electrons. The summed E-state index contributed by atoms with van der Waals surface area (Å²) in [6.07, 6.45) is 7.28. The summed E-state index contributed by atoms with van der Waals surface area (Å²) in [6.45, 7) is 11.8. The first-order chi connectivity index (χ1) is 31.8. The Bertz CT molecular complexity index is 2900. The number of para-hydroxylation sites is 1. The van der Waals surface area contributed by atoms with Crippen LogP contribution in [0, 0.1) is 25.2 Å². The molecule has 66 heavy (non-hydrogen) atoms. The van der Waals surface area contributed by atoms with Crippen molar-refractivity contribution in [1.29, 1.82) is 0 Å². The summed E-state index contributed by atoms with van der Waals surface area (Å²) in [6, 6.07) is 18.0. The van der Waals surface area contributed by atoms with E-state index < -0.39 is 18.1 Å². The second-order valence-corrected chi connectivity index (χ2v) is 20.7. The van der Waals surface area contributed by atoms with Crippen molar-refractivity contribution in [3.05, 3.63) is 106 Å². The molecule has 0 unspecified atom stereocenters. The molecule has 3 aliphatic rings. The SMILES string of the molecule is Cc1ncsc1-c1ccc([C@H](C)NC(=O)[C@@H]2C[C@@H](O)CN2C(=O)[C@@H](c2cc(-c3cnc(N4CCC5(CC4)CC(c4sc6nnc(-c7ccccc7O)cc6c4C)C5)nc3)no2)C(C)C)cc1. The molecule has 3 N–H and O–H groups in total. The molecule has 1 saturated carbocycles. The lowest BCUT2D eigenvalue weighted by atomic mass is 9.57. The summed E-state index contributed by atoms with van der Waals surface area (Å²) in [5.41, 5.74) is 8.96. The third-order valence-corrected chi connectivity index (χ3v) is 16.4. The van der Waals surface area contributed by atoms with Crippen molar-refractivity contribution in [3.8, 4) is 38.7 Å². The number of phenolic OH excluding ortho intramolecular Hbond substituents is 1. The summed E-state index contributed by atoms with van der Waals surface area (Å²) in [4.78, 5) is 49.1. The molecule has 3 fully saturated rings. The number of anilines is 1. The number of fused-ring (bicyclic) bond motifs is 1. The third kappa shape index (κ3) is 8.23. The highest BCUT2D eigenvalue weighted by molar-refractivity contribution is 7.19. The van der Waals surface area contributed by atoms with Gasteiger partial charge in [-0.05, 0) is 98.6 Å². The number of benzene rings is 2. The topological polar surface area (TPSA) is 184 Å². The maximum Gasteiger partial charge on any atom is 0.243 e. The number of nitrogens with one attached hydrogen (secondary N) is 1. The monoisotopic (exact) mass is 923 g/mol. The first kappa shape index (κ1) is 43.8. The summed E-state index contributed by atoms with van der Waals surface area (Å²) in [5.74, 6) is 0.260. The number of thiazole rings is 1. The Morgan fingerprint density at radius 2 is 1.67 bits per heavy atom. The van der Waals surface area contributed by atoms with E-state index in [2.05, 4.69) is 43.5 Å². The van der Waals surface area contributed by atoms with Crippen LogP contribution in [0.4, 0.5) is 5.95 Å². The normalized spacial score (nSPS) is 19.4. The van der Waals surface area contributed by atoms with Gasteiger partial charge in [0.15, 0.2) is 0 Å². The van der Waals surface area contributed by atoms with Crippen LogP contribution in [-0.2, 0) is 9.59 Å². The van der Waals surface area contributed by atoms with E-state index in [9.17, 15) is 19.8 Å². The van der Waals surface area contributed by atoms with Crippen LogP contribution in [0.1, 0.15) is 98.2 Å². The van der Waals surface area contributed by atoms with Crippen molar-refractivity contribution < 1.29 is 24.3 Å². The number of carbonyl (C=O) groups is 2. The molecule has 10 rings (SSSR count). The molecule has 2 saturated heterocycles. The first-order valence-electron chi connectivity index (χ1n) is 22.7. The Morgan fingerprint density at radius 1 is 0.924 bits per heavy atom. The number of thiophene rings is 1. The predicted molar refractivity (Wildman–Crippen MR) is 255 cm³/mol. The quantitative estimate of drug-likeness (QED) is 0.112. The highest BCUT2D eigenvalue weighted by atomic mass is 32.1. The number of aromatic hydroxyl groups is 1. The molecule has 2 aromatic carbocycles. The number of rotatable bonds is 11. The van der Waals surface area contributed by atoms with E-state index in [1.165, 1.54) is 15.3 Å². The zero-order valence-corrected chi connectivity index (χ0v) is 39.3. The van der Waals surface area contributed by atoms with Gasteiger partial charge in [-0.15, -0.1) is 32.9 Å². The molecule has 2 amide bonds. The number of aromatic nitrogens is 6. The third-order valence-electron chi connectivity index (χ3n) is 14.1. The molecule has 5 aromatic heterocycles. The minimum atomic E-state index is -0.832. The number of aliphatic hydroxyl groups excluding tert-OH is 1. The molecule has 0 radical (unpaired) electrons. The van der Waals surface area contributed by atoms with Gasteiger partial charge in [-0.3, -0.25) is 9.59 Å². The number of aliphatic hydroxyl groups is 1. The zero-order chi connectivity index (χ0) is 45.9. The van der Waals surface area contributed by atoms with Gasteiger partial charge in [0.2, 0.25) is 17.8 Å². The molecular formula is C50H53N9O5S2. The van der Waals surface area contributed by atoms with E-state index in [0.29, 0.717) is 45.6 Å². The summed E-state index contributed by atoms with van der Waals surface area (Å²) < 4.78 is 5.85. The minimum absolute atomic E-state index is 0.0523. The summed E-state index contributed by atoms with van der Waals surface area (Å²) in [7, 11) is 0. The van der Waals surface area contributed by atoms with Gasteiger partial charge in [0, 0.05) is 65.9 Å². The smallest absolute Gasteiger partial charge is 0.243 e. The molecule has 4 atom stereocenters. The van der Waals surface area contributed by atoms with Gasteiger partial charge < -0.3 is 29.9 Å². The van der Waals surface area contributed by atoms with Crippen molar-refractivity contribution in [2.75, 3.05) is 24.5 Å². The molecule has 0 bridgehead atoms. The van der Waals surface area contributed by atoms with Gasteiger partial charge in [-0.2, -0.15) is 0 Å². The predicted octanol–water partition coefficient (Wildman–Crippen LogP) is 8.99. The number of likely N-dealkylation sites (tertiary alicyclic amines) is 1. The number of piperidine rings is 1. The van der Waals surface area contributed by atoms with Gasteiger partial charge in [0.05, 0.1) is 33.9 Å². The Hall–Kier alpha value is -6.10. The second kappa shape index (κ2) is 17.6. The maximum atomic E-state index is 14.3. The number of β-amino-alcohol motifs (C(OH)–C–C–N with tert-alkyl or cyclic N) is 1. The molecule has 7 aromatic rings. The number of nitrogens with zero attached hydrogens (tertiary/aromatic N) is 8. The van der Waals surface area contributed by atoms with Crippen LogP contribution in [0.15, 0.2) is 83.1 Å². The largest absolute Gasteiger partial charge is 0.507 e. The van der Waals surface area contributed by atoms with Crippen LogP contribution in [0.2, 0.25) is 0 Å². The summed E-state index contributed by atoms with van der Waals surface area (Å²) in [5, 5.41) is 38.7. The molecule has 1 aliphatic carbocycles. The standard InChI is InChI=1S/C50H53N9O5S2/c1-27(2)43(48(63)59-25-35(60)18-40(59)46(62)54-29(4)31-10-12-32(13-11-31)45-30(5)53-26-65-45)42-20-38(57-64-42)34-23-51-49(52-24-34)58-16-14-50(15-17-58)21-33(22-50)44-28(3)37-19-39(55-56-47(37)66-44)36-8-6-7-9-41(36)61/h6-13,19-20,23-24,26-27,29,33,35,40,43,60-61H,14-18,21-22,25H2,1-5H3,(H,54,62)/t29-,35+,40-,43+/m0/s1. The fraction of sp³-hybridized carbons (Fsp3) is 0.400. The van der Waals surface area contributed by atoms with Crippen molar-refractivity contribution >= 4 is 50.7 Å². The zero-order valence-electron chi connectivity index (χ0n) is 37.6. The maximum absolute atomic E-state index is 14.3. The first-order valence-corrected chi connectivity index (χ1v) is 24.4. The highest BCUT2D eigenvalue weighted by Gasteiger charge is 2.48. The van der Waals surface area contributed by atoms with Crippen molar-refractivity contribution in [2.24, 2.45) is 11.3 Å². The Kier molecular flexibility index (Phi) is 11.7. The van der Waals surface area contributed by atoms with Crippen molar-refractivity contribution in [3.63, 3.8) is 0 Å². The van der Waals surface area contributed by atoms with Crippen molar-refractivity contribution in [2.45, 2.75) is 96.7 Å². The lowest BCUT2D eigenvalue weighted by Crippen LogP contribution is -2.48. The minimum Gasteiger partial charge on any atom is -0.507 e. The Labute approximate surface area is 391 Å². The van der Waals surface area contributed by atoms with E-state index in [4.69, 9.17) is 14.5 Å². The number of hydrogen-bond donors (Lipinski definition) is 3. The lowest BCUT2D eigenvalue weighted by Gasteiger charge is -2.52. The number of carbonyl (C=O) groups excluding carboxylic acids is 2. The van der Waals surface area contributed by atoms with Gasteiger partial charge in [-0.25, -0.2) is 15.0 Å². The molecule has 2 aliphatic heterocycles. The fourth-order valence-electron chi connectivity index (χ4n) is 10.3. The van der Waals surface area contributed by atoms with Crippen LogP contribution in [0.3, 0.4) is 0 Å². The van der Waals surface area contributed by atoms with E-state index in [1.54, 1.807) is 47.2 Å². The molecule has 1 spiro atoms. The van der Waals surface area contributed by atoms with Gasteiger partial charge in [-0.1, -0.05) is 55.4 Å². The van der Waals surface area contributed by atoms with Gasteiger partial charge in [0.1, 0.15) is 34.0 Å². The highest BCUT2D eigenvalue weighted by Crippen LogP contribution is 2.59. The van der Waals surface area contributed by atoms with E-state index in [0.717, 1.165) is 70.7 Å². The van der Waals surface area contributed by atoms with Crippen LogP contribution >= 0.6 is 22.7 Å². The number of aryl methyl sites for hydroxylation is 2. The lowest BCUT2D eigenvalue weighted by molar-refractivity contribution is -0.141. The van der Waals surface area contributed by atoms with E-state index >= 15 is 0 Å². The van der Waals surface area contributed by atoms with Crippen LogP contribution in [-0.4, -0.2) is 89.0 Å². The number of phenols is 1. The van der Waals surface area contributed by atoms with Crippen LogP contribution in [0.25, 0.3) is 43.2 Å². The Morgan fingerprint density at radius 3 is 2.36 bits per heavy atom. The van der Waals surface area contributed by atoms with E-state index in [1.807, 2.05) is 75.7 Å². The molecule has 14 nitrogen and oxygen atoms in total. The van der Waals surface area contributed by atoms with E-state index in [-0.39, 0.29) is 42.5 Å². The van der Waals surface area contributed by atoms with Crippen molar-refractivity contribution in [1.82, 2.24) is 40.5 Å². The molecule has 7 heterocycles. The molecular weight excluding hydrogens is 871 g/mol. The van der Waals surface area contributed by atoms with Crippen LogP contribution in [0.5, 0.6) is 5.75 Å². The fourth-order valence-corrected chi connectivity index (χ4v) is 12.3. The number of hydrogen-bond acceptors (Lipinski definition) is 14. The average Bonchev–Trinajstić information content (AvgIpc) is 4.13. The summed E-state index contributed by atoms with van der Waals surface area (Å²) >= 11 is 3.34. The Balaban J connectivity index is 0.751.